The third-order valence-corrected chi connectivity index (χ3v) is 3.48. The van der Waals surface area contributed by atoms with E-state index in [0.29, 0.717) is 5.75 Å². The Morgan fingerprint density at radius 1 is 1.17 bits per heavy atom. The minimum atomic E-state index is -4.63. The van der Waals surface area contributed by atoms with Crippen LogP contribution in [0.5, 0.6) is 5.75 Å². The van der Waals surface area contributed by atoms with Gasteiger partial charge in [0.25, 0.3) is 5.91 Å². The molecule has 7 heteroatoms. The lowest BCUT2D eigenvalue weighted by atomic mass is 10.1. The fraction of sp³-hybridized carbons (Fsp3) is 0.235. The van der Waals surface area contributed by atoms with E-state index in [4.69, 9.17) is 16.3 Å². The zero-order chi connectivity index (χ0) is 17.9. The molecule has 0 aliphatic carbocycles. The van der Waals surface area contributed by atoms with Crippen molar-refractivity contribution in [1.29, 1.82) is 0 Å². The number of aryl methyl sites for hydroxylation is 1. The second-order valence-corrected chi connectivity index (χ2v) is 5.69. The Labute approximate surface area is 142 Å². The number of carbonyl (C=O) groups excluding carboxylic acids is 1. The quantitative estimate of drug-likeness (QED) is 0.829. The summed E-state index contributed by atoms with van der Waals surface area (Å²) in [6, 6.07) is 10.1. The van der Waals surface area contributed by atoms with Crippen molar-refractivity contribution in [3.8, 4) is 5.75 Å². The Kier molecular flexibility index (Phi) is 5.39. The summed E-state index contributed by atoms with van der Waals surface area (Å²) in [7, 11) is 0. The number of benzene rings is 2. The average Bonchev–Trinajstić information content (AvgIpc) is 2.50. The minimum absolute atomic E-state index is 0.0655. The van der Waals surface area contributed by atoms with E-state index in [1.54, 1.807) is 24.3 Å². The van der Waals surface area contributed by atoms with Gasteiger partial charge in [-0.1, -0.05) is 29.3 Å². The zero-order valence-electron chi connectivity index (χ0n) is 12.9. The van der Waals surface area contributed by atoms with Crippen LogP contribution in [-0.4, -0.2) is 12.0 Å². The lowest BCUT2D eigenvalue weighted by Crippen LogP contribution is -2.31. The van der Waals surface area contributed by atoms with Crippen molar-refractivity contribution in [2.75, 3.05) is 5.32 Å². The first-order valence-electron chi connectivity index (χ1n) is 7.08. The van der Waals surface area contributed by atoms with Crippen molar-refractivity contribution in [3.05, 3.63) is 58.6 Å². The van der Waals surface area contributed by atoms with Crippen LogP contribution in [0.15, 0.2) is 42.5 Å². The number of hydrogen-bond acceptors (Lipinski definition) is 2. The van der Waals surface area contributed by atoms with Crippen molar-refractivity contribution in [3.63, 3.8) is 0 Å². The molecule has 0 unspecified atom stereocenters. The number of anilines is 1. The molecule has 2 aromatic rings. The van der Waals surface area contributed by atoms with Crippen molar-refractivity contribution in [1.82, 2.24) is 0 Å². The molecule has 2 rings (SSSR count). The summed E-state index contributed by atoms with van der Waals surface area (Å²) in [5.74, 6) is -0.237. The number of ether oxygens (including phenoxy) is 1. The molecule has 0 aliphatic heterocycles. The third kappa shape index (κ3) is 4.64. The fourth-order valence-electron chi connectivity index (χ4n) is 1.97. The van der Waals surface area contributed by atoms with Gasteiger partial charge in [0, 0.05) is 5.02 Å². The van der Waals surface area contributed by atoms with Gasteiger partial charge in [0.05, 0.1) is 11.3 Å². The first kappa shape index (κ1) is 18.1. The van der Waals surface area contributed by atoms with Gasteiger partial charge in [-0.3, -0.25) is 4.79 Å². The Hall–Kier alpha value is -2.21. The lowest BCUT2D eigenvalue weighted by Gasteiger charge is -2.18. The number of alkyl halides is 3. The summed E-state index contributed by atoms with van der Waals surface area (Å²) in [5.41, 5.74) is -0.349. The van der Waals surface area contributed by atoms with E-state index in [0.717, 1.165) is 17.7 Å². The number of amides is 1. The van der Waals surface area contributed by atoms with E-state index >= 15 is 0 Å². The van der Waals surface area contributed by atoms with Gasteiger partial charge in [0.2, 0.25) is 0 Å². The maximum Gasteiger partial charge on any atom is 0.418 e. The molecule has 0 radical (unpaired) electrons. The summed E-state index contributed by atoms with van der Waals surface area (Å²) in [4.78, 5) is 12.1. The van der Waals surface area contributed by atoms with Gasteiger partial charge in [-0.2, -0.15) is 13.2 Å². The summed E-state index contributed by atoms with van der Waals surface area (Å²) >= 11 is 5.60. The summed E-state index contributed by atoms with van der Waals surface area (Å²) in [6.45, 7) is 3.36. The van der Waals surface area contributed by atoms with Crippen LogP contribution in [0.25, 0.3) is 0 Å². The van der Waals surface area contributed by atoms with E-state index in [1.807, 2.05) is 6.92 Å². The number of halogens is 4. The molecule has 0 spiro atoms. The number of hydrogen-bond donors (Lipinski definition) is 1. The molecule has 0 saturated heterocycles. The normalized spacial score (nSPS) is 12.6. The highest BCUT2D eigenvalue weighted by Crippen LogP contribution is 2.36. The predicted octanol–water partition coefficient (Wildman–Crippen LogP) is 5.07. The molecule has 0 aliphatic rings. The van der Waals surface area contributed by atoms with Crippen LogP contribution in [0.1, 0.15) is 18.1 Å². The van der Waals surface area contributed by atoms with Crippen LogP contribution >= 0.6 is 11.6 Å². The van der Waals surface area contributed by atoms with E-state index in [2.05, 4.69) is 5.32 Å². The van der Waals surface area contributed by atoms with Crippen LogP contribution < -0.4 is 10.1 Å². The molecule has 0 saturated carbocycles. The van der Waals surface area contributed by atoms with Gasteiger partial charge in [0.1, 0.15) is 5.75 Å². The molecular weight excluding hydrogens is 343 g/mol. The standard InChI is InChI=1S/C17H15ClF3NO2/c1-10-3-6-13(7-4-10)24-11(2)16(23)22-15-8-5-12(18)9-14(15)17(19,20)21/h3-9,11H,1-2H3,(H,22,23)/t11-/m1/s1. The average molecular weight is 358 g/mol. The molecule has 128 valence electrons. The Morgan fingerprint density at radius 3 is 2.38 bits per heavy atom. The molecule has 2 aromatic carbocycles. The number of nitrogens with one attached hydrogen (secondary N) is 1. The smallest absolute Gasteiger partial charge is 0.418 e. The van der Waals surface area contributed by atoms with Gasteiger partial charge in [-0.05, 0) is 44.2 Å². The maximum absolute atomic E-state index is 13.0. The van der Waals surface area contributed by atoms with E-state index in [1.165, 1.54) is 13.0 Å². The molecule has 24 heavy (non-hydrogen) atoms. The van der Waals surface area contributed by atoms with Crippen molar-refractivity contribution in [2.45, 2.75) is 26.1 Å². The van der Waals surface area contributed by atoms with E-state index < -0.39 is 23.8 Å². The molecule has 1 amide bonds. The largest absolute Gasteiger partial charge is 0.481 e. The van der Waals surface area contributed by atoms with Crippen molar-refractivity contribution >= 4 is 23.2 Å². The molecule has 1 N–H and O–H groups in total. The van der Waals surface area contributed by atoms with E-state index in [-0.39, 0.29) is 10.7 Å². The van der Waals surface area contributed by atoms with Crippen molar-refractivity contribution in [2.24, 2.45) is 0 Å². The fourth-order valence-corrected chi connectivity index (χ4v) is 2.14. The molecule has 0 fully saturated rings. The predicted molar refractivity (Wildman–Crippen MR) is 86.4 cm³/mol. The first-order valence-corrected chi connectivity index (χ1v) is 7.45. The van der Waals surface area contributed by atoms with E-state index in [9.17, 15) is 18.0 Å². The Morgan fingerprint density at radius 2 is 1.79 bits per heavy atom. The highest BCUT2D eigenvalue weighted by molar-refractivity contribution is 6.30. The molecule has 0 heterocycles. The van der Waals surface area contributed by atoms with Crippen molar-refractivity contribution < 1.29 is 22.7 Å². The second kappa shape index (κ2) is 7.13. The van der Waals surface area contributed by atoms with Gasteiger partial charge in [-0.25, -0.2) is 0 Å². The summed E-state index contributed by atoms with van der Waals surface area (Å²) in [6.07, 6.45) is -5.60. The summed E-state index contributed by atoms with van der Waals surface area (Å²) < 4.78 is 44.5. The molecule has 3 nitrogen and oxygen atoms in total. The highest BCUT2D eigenvalue weighted by atomic mass is 35.5. The Balaban J connectivity index is 2.13. The second-order valence-electron chi connectivity index (χ2n) is 5.25. The van der Waals surface area contributed by atoms with Gasteiger partial charge in [0.15, 0.2) is 6.10 Å². The molecular formula is C17H15ClF3NO2. The van der Waals surface area contributed by atoms with Crippen LogP contribution in [0.4, 0.5) is 18.9 Å². The van der Waals surface area contributed by atoms with Crippen LogP contribution in [0.3, 0.4) is 0 Å². The summed E-state index contributed by atoms with van der Waals surface area (Å²) in [5, 5.41) is 2.17. The number of rotatable bonds is 4. The third-order valence-electron chi connectivity index (χ3n) is 3.25. The molecule has 1 atom stereocenters. The first-order chi connectivity index (χ1) is 11.2. The molecule has 0 aromatic heterocycles. The SMILES string of the molecule is Cc1ccc(O[C@H](C)C(=O)Nc2ccc(Cl)cc2C(F)(F)F)cc1. The van der Waals surface area contributed by atoms with Gasteiger partial charge in [-0.15, -0.1) is 0 Å². The van der Waals surface area contributed by atoms with Gasteiger partial charge >= 0.3 is 6.18 Å². The molecule has 0 bridgehead atoms. The monoisotopic (exact) mass is 357 g/mol. The highest BCUT2D eigenvalue weighted by Gasteiger charge is 2.34. The minimum Gasteiger partial charge on any atom is -0.481 e. The topological polar surface area (TPSA) is 38.3 Å². The maximum atomic E-state index is 13.0. The Bertz CT molecular complexity index is 730. The number of carbonyl (C=O) groups is 1. The lowest BCUT2D eigenvalue weighted by molar-refractivity contribution is -0.137. The van der Waals surface area contributed by atoms with Crippen LogP contribution in [-0.2, 0) is 11.0 Å². The van der Waals surface area contributed by atoms with Crippen LogP contribution in [0, 0.1) is 6.92 Å². The van der Waals surface area contributed by atoms with Gasteiger partial charge < -0.3 is 10.1 Å². The zero-order valence-corrected chi connectivity index (χ0v) is 13.7. The van der Waals surface area contributed by atoms with Crippen LogP contribution in [0.2, 0.25) is 5.02 Å².